The summed E-state index contributed by atoms with van der Waals surface area (Å²) >= 11 is 7.78. The second-order valence-electron chi connectivity index (χ2n) is 11.6. The molecule has 6 rings (SSSR count). The summed E-state index contributed by atoms with van der Waals surface area (Å²) in [5.41, 5.74) is 4.04. The lowest BCUT2D eigenvalue weighted by Crippen LogP contribution is -2.29. The number of halogens is 1. The van der Waals surface area contributed by atoms with Crippen molar-refractivity contribution in [3.05, 3.63) is 106 Å². The molecule has 0 radical (unpaired) electrons. The minimum absolute atomic E-state index is 0.182. The van der Waals surface area contributed by atoms with E-state index < -0.39 is 17.7 Å². The first-order chi connectivity index (χ1) is 21.5. The Morgan fingerprint density at radius 2 is 1.82 bits per heavy atom. The van der Waals surface area contributed by atoms with Crippen molar-refractivity contribution in [3.8, 4) is 27.5 Å². The molecule has 228 valence electrons. The van der Waals surface area contributed by atoms with Crippen molar-refractivity contribution in [2.45, 2.75) is 46.3 Å². The fourth-order valence-corrected chi connectivity index (χ4v) is 6.57. The molecule has 0 saturated heterocycles. The molecule has 0 spiro atoms. The van der Waals surface area contributed by atoms with Crippen LogP contribution < -0.4 is 5.56 Å². The highest BCUT2D eigenvalue weighted by molar-refractivity contribution is 7.22. The molecule has 10 heteroatoms. The number of benzene rings is 2. The van der Waals surface area contributed by atoms with Crippen molar-refractivity contribution in [1.82, 2.24) is 19.5 Å². The van der Waals surface area contributed by atoms with E-state index in [1.807, 2.05) is 76.2 Å². The number of ether oxygens (including phenoxy) is 2. The third kappa shape index (κ3) is 6.11. The standard InChI is InChI=1S/C35H31ClN4O4S/c1-6-43-34(42)30(44-35(3,4)5)28-20(2)17-26-31(29(28)21-7-9-24(36)10-8-21)45-32(39-26)22-11-15-38-27(18-22)40-16-13-23-19-37-14-12-25(23)33(40)41/h7-19,30H,6H2,1-5H3/t30-/m0/s1. The summed E-state index contributed by atoms with van der Waals surface area (Å²) in [6.45, 7) is 9.71. The van der Waals surface area contributed by atoms with E-state index >= 15 is 0 Å². The number of thiazole rings is 1. The van der Waals surface area contributed by atoms with Gasteiger partial charge in [0.25, 0.3) is 5.56 Å². The summed E-state index contributed by atoms with van der Waals surface area (Å²) in [7, 11) is 0. The zero-order valence-electron chi connectivity index (χ0n) is 25.5. The number of rotatable bonds is 7. The number of hydrogen-bond acceptors (Lipinski definition) is 8. The fraction of sp³-hybridized carbons (Fsp3) is 0.229. The van der Waals surface area contributed by atoms with Crippen LogP contribution in [0.2, 0.25) is 5.02 Å². The average molecular weight is 639 g/mol. The van der Waals surface area contributed by atoms with Crippen molar-refractivity contribution in [1.29, 1.82) is 0 Å². The largest absolute Gasteiger partial charge is 0.464 e. The summed E-state index contributed by atoms with van der Waals surface area (Å²) in [5.74, 6) is 0.0245. The molecule has 1 atom stereocenters. The van der Waals surface area contributed by atoms with E-state index in [1.54, 1.807) is 37.8 Å². The molecular weight excluding hydrogens is 608 g/mol. The van der Waals surface area contributed by atoms with Crippen molar-refractivity contribution in [3.63, 3.8) is 0 Å². The van der Waals surface area contributed by atoms with Crippen LogP contribution in [0.25, 0.3) is 48.5 Å². The molecule has 0 bridgehead atoms. The lowest BCUT2D eigenvalue weighted by Gasteiger charge is -2.29. The van der Waals surface area contributed by atoms with Gasteiger partial charge in [-0.15, -0.1) is 11.3 Å². The maximum atomic E-state index is 13.4. The van der Waals surface area contributed by atoms with Crippen LogP contribution in [0.15, 0.2) is 84.2 Å². The molecule has 0 aliphatic carbocycles. The van der Waals surface area contributed by atoms with Gasteiger partial charge >= 0.3 is 5.97 Å². The number of nitrogens with zero attached hydrogens (tertiary/aromatic N) is 4. The van der Waals surface area contributed by atoms with E-state index in [9.17, 15) is 9.59 Å². The second-order valence-corrected chi connectivity index (χ2v) is 13.0. The van der Waals surface area contributed by atoms with E-state index in [-0.39, 0.29) is 12.2 Å². The van der Waals surface area contributed by atoms with Gasteiger partial charge in [0, 0.05) is 51.9 Å². The summed E-state index contributed by atoms with van der Waals surface area (Å²) in [6, 6.07) is 16.8. The number of fused-ring (bicyclic) bond motifs is 2. The van der Waals surface area contributed by atoms with Gasteiger partial charge in [-0.2, -0.15) is 0 Å². The number of aromatic nitrogens is 4. The summed E-state index contributed by atoms with van der Waals surface area (Å²) in [4.78, 5) is 40.4. The first kappa shape index (κ1) is 30.6. The molecule has 0 fully saturated rings. The maximum absolute atomic E-state index is 13.4. The van der Waals surface area contributed by atoms with E-state index in [0.717, 1.165) is 48.4 Å². The molecule has 45 heavy (non-hydrogen) atoms. The molecule has 0 N–H and O–H groups in total. The Labute approximate surface area is 269 Å². The summed E-state index contributed by atoms with van der Waals surface area (Å²) in [5, 5.41) is 2.66. The third-order valence-electron chi connectivity index (χ3n) is 7.24. The van der Waals surface area contributed by atoms with E-state index in [2.05, 4.69) is 9.97 Å². The molecule has 4 heterocycles. The normalized spacial score (nSPS) is 12.5. The highest BCUT2D eigenvalue weighted by atomic mass is 35.5. The Bertz CT molecular complexity index is 2120. The van der Waals surface area contributed by atoms with Gasteiger partial charge in [0.15, 0.2) is 6.10 Å². The lowest BCUT2D eigenvalue weighted by atomic mass is 9.91. The minimum atomic E-state index is -0.965. The van der Waals surface area contributed by atoms with Gasteiger partial charge in [0.05, 0.1) is 27.8 Å². The zero-order chi connectivity index (χ0) is 31.9. The van der Waals surface area contributed by atoms with Crippen LogP contribution in [0.4, 0.5) is 0 Å². The highest BCUT2D eigenvalue weighted by Gasteiger charge is 2.33. The number of hydrogen-bond donors (Lipinski definition) is 0. The van der Waals surface area contributed by atoms with Crippen LogP contribution in [-0.2, 0) is 14.3 Å². The monoisotopic (exact) mass is 638 g/mol. The SMILES string of the molecule is CCOC(=O)[C@@H](OC(C)(C)C)c1c(C)cc2nc(-c3ccnc(-n4ccc5cnccc5c4=O)c3)sc2c1-c1ccc(Cl)cc1. The van der Waals surface area contributed by atoms with Crippen LogP contribution in [0.5, 0.6) is 0 Å². The highest BCUT2D eigenvalue weighted by Crippen LogP contribution is 2.44. The average Bonchev–Trinajstić information content (AvgIpc) is 3.44. The smallest absolute Gasteiger partial charge is 0.339 e. The Balaban J connectivity index is 1.55. The van der Waals surface area contributed by atoms with Gasteiger partial charge in [0.2, 0.25) is 0 Å². The van der Waals surface area contributed by atoms with Crippen LogP contribution >= 0.6 is 22.9 Å². The van der Waals surface area contributed by atoms with E-state index in [1.165, 1.54) is 15.9 Å². The molecule has 0 saturated carbocycles. The van der Waals surface area contributed by atoms with Gasteiger partial charge in [-0.05, 0) is 88.2 Å². The number of pyridine rings is 3. The molecule has 4 aromatic heterocycles. The number of carbonyl (C=O) groups is 1. The van der Waals surface area contributed by atoms with Crippen LogP contribution in [0.1, 0.15) is 44.9 Å². The van der Waals surface area contributed by atoms with Crippen molar-refractivity contribution < 1.29 is 14.3 Å². The summed E-state index contributed by atoms with van der Waals surface area (Å²) < 4.78 is 14.3. The van der Waals surface area contributed by atoms with E-state index in [0.29, 0.717) is 16.2 Å². The van der Waals surface area contributed by atoms with Crippen LogP contribution in [0.3, 0.4) is 0 Å². The van der Waals surface area contributed by atoms with Gasteiger partial charge < -0.3 is 9.47 Å². The van der Waals surface area contributed by atoms with Gasteiger partial charge in [0.1, 0.15) is 10.8 Å². The quantitative estimate of drug-likeness (QED) is 0.163. The zero-order valence-corrected chi connectivity index (χ0v) is 27.1. The number of aryl methyl sites for hydroxylation is 1. The Kier molecular flexibility index (Phi) is 8.26. The Hall–Kier alpha value is -4.44. The van der Waals surface area contributed by atoms with Crippen LogP contribution in [0, 0.1) is 6.92 Å². The Morgan fingerprint density at radius 1 is 1.04 bits per heavy atom. The van der Waals surface area contributed by atoms with Gasteiger partial charge in [-0.1, -0.05) is 23.7 Å². The van der Waals surface area contributed by atoms with Gasteiger partial charge in [-0.3, -0.25) is 14.3 Å². The van der Waals surface area contributed by atoms with Gasteiger partial charge in [-0.25, -0.2) is 14.8 Å². The predicted octanol–water partition coefficient (Wildman–Crippen LogP) is 8.11. The molecule has 8 nitrogen and oxygen atoms in total. The molecular formula is C35H31ClN4O4S. The fourth-order valence-electron chi connectivity index (χ4n) is 5.32. The van der Waals surface area contributed by atoms with E-state index in [4.69, 9.17) is 26.1 Å². The molecule has 0 aliphatic heterocycles. The third-order valence-corrected chi connectivity index (χ3v) is 8.63. The maximum Gasteiger partial charge on any atom is 0.339 e. The first-order valence-corrected chi connectivity index (χ1v) is 15.7. The van der Waals surface area contributed by atoms with Crippen molar-refractivity contribution in [2.75, 3.05) is 6.61 Å². The molecule has 0 unspecified atom stereocenters. The van der Waals surface area contributed by atoms with Crippen LogP contribution in [-0.4, -0.2) is 37.7 Å². The van der Waals surface area contributed by atoms with Crippen molar-refractivity contribution in [2.24, 2.45) is 0 Å². The minimum Gasteiger partial charge on any atom is -0.464 e. The predicted molar refractivity (Wildman–Crippen MR) is 179 cm³/mol. The molecule has 2 aromatic carbocycles. The lowest BCUT2D eigenvalue weighted by molar-refractivity contribution is -0.166. The topological polar surface area (TPSA) is 96.2 Å². The first-order valence-electron chi connectivity index (χ1n) is 14.5. The molecule has 6 aromatic rings. The molecule has 0 aliphatic rings. The second kappa shape index (κ2) is 12.2. The summed E-state index contributed by atoms with van der Waals surface area (Å²) in [6.07, 6.45) is 5.68. The number of esters is 1. The Morgan fingerprint density at radius 3 is 2.56 bits per heavy atom. The van der Waals surface area contributed by atoms with Crippen molar-refractivity contribution >= 4 is 49.9 Å². The molecule has 0 amide bonds. The number of carbonyl (C=O) groups excluding carboxylic acids is 1.